The van der Waals surface area contributed by atoms with Crippen LogP contribution in [-0.4, -0.2) is 11.6 Å². The molecule has 0 spiro atoms. The molecule has 1 heterocycles. The van der Waals surface area contributed by atoms with E-state index in [0.29, 0.717) is 0 Å². The first-order chi connectivity index (χ1) is 6.57. The summed E-state index contributed by atoms with van der Waals surface area (Å²) in [5.74, 6) is 0. The number of pyridine rings is 1. The van der Waals surface area contributed by atoms with Crippen molar-refractivity contribution < 1.29 is 0 Å². The van der Waals surface area contributed by atoms with Gasteiger partial charge in [-0.2, -0.15) is 0 Å². The summed E-state index contributed by atoms with van der Waals surface area (Å²) < 4.78 is 1.75. The first kappa shape index (κ1) is 11.0. The SMILES string of the molecule is CNC(C)c1cccn(C(C)C)c1=O. The molecule has 0 amide bonds. The monoisotopic (exact) mass is 194 g/mol. The average molecular weight is 194 g/mol. The van der Waals surface area contributed by atoms with Crippen LogP contribution in [0.4, 0.5) is 0 Å². The molecule has 0 aromatic carbocycles. The summed E-state index contributed by atoms with van der Waals surface area (Å²) in [4.78, 5) is 11.9. The number of nitrogens with one attached hydrogen (secondary N) is 1. The molecular formula is C11H18N2O. The second-order valence-corrected chi connectivity index (χ2v) is 3.78. The van der Waals surface area contributed by atoms with Gasteiger partial charge in [-0.25, -0.2) is 0 Å². The molecule has 1 unspecified atom stereocenters. The summed E-state index contributed by atoms with van der Waals surface area (Å²) in [7, 11) is 1.86. The zero-order valence-electron chi connectivity index (χ0n) is 9.24. The molecule has 78 valence electrons. The molecule has 0 saturated carbocycles. The first-order valence-electron chi connectivity index (χ1n) is 4.96. The minimum absolute atomic E-state index is 0.101. The molecule has 0 saturated heterocycles. The molecule has 0 aliphatic rings. The Morgan fingerprint density at radius 1 is 1.36 bits per heavy atom. The van der Waals surface area contributed by atoms with Crippen LogP contribution in [0.25, 0.3) is 0 Å². The first-order valence-corrected chi connectivity index (χ1v) is 4.96. The van der Waals surface area contributed by atoms with Crippen molar-refractivity contribution in [1.29, 1.82) is 0 Å². The zero-order valence-corrected chi connectivity index (χ0v) is 9.24. The van der Waals surface area contributed by atoms with Crippen LogP contribution in [0.5, 0.6) is 0 Å². The highest BCUT2D eigenvalue weighted by atomic mass is 16.1. The summed E-state index contributed by atoms with van der Waals surface area (Å²) in [6, 6.07) is 4.12. The lowest BCUT2D eigenvalue weighted by Crippen LogP contribution is -2.28. The van der Waals surface area contributed by atoms with Crippen LogP contribution in [0.1, 0.15) is 38.4 Å². The van der Waals surface area contributed by atoms with Crippen LogP contribution in [0.15, 0.2) is 23.1 Å². The topological polar surface area (TPSA) is 34.0 Å². The summed E-state index contributed by atoms with van der Waals surface area (Å²) in [6.45, 7) is 6.01. The Morgan fingerprint density at radius 3 is 2.50 bits per heavy atom. The maximum absolute atomic E-state index is 11.9. The van der Waals surface area contributed by atoms with E-state index in [4.69, 9.17) is 0 Å². The fraction of sp³-hybridized carbons (Fsp3) is 0.545. The third kappa shape index (κ3) is 2.04. The third-order valence-corrected chi connectivity index (χ3v) is 2.46. The summed E-state index contributed by atoms with van der Waals surface area (Å²) in [5.41, 5.74) is 0.924. The Morgan fingerprint density at radius 2 is 2.00 bits per heavy atom. The molecule has 3 nitrogen and oxygen atoms in total. The zero-order chi connectivity index (χ0) is 10.7. The van der Waals surface area contributed by atoms with Gasteiger partial charge in [-0.1, -0.05) is 6.07 Å². The van der Waals surface area contributed by atoms with Crippen molar-refractivity contribution in [3.63, 3.8) is 0 Å². The third-order valence-electron chi connectivity index (χ3n) is 2.46. The minimum Gasteiger partial charge on any atom is -0.313 e. The van der Waals surface area contributed by atoms with E-state index in [1.165, 1.54) is 0 Å². The Labute approximate surface area is 84.8 Å². The minimum atomic E-state index is 0.101. The fourth-order valence-corrected chi connectivity index (χ4v) is 1.42. The van der Waals surface area contributed by atoms with Crippen LogP contribution in [0.3, 0.4) is 0 Å². The number of aromatic nitrogens is 1. The van der Waals surface area contributed by atoms with Crippen molar-refractivity contribution in [2.75, 3.05) is 7.05 Å². The van der Waals surface area contributed by atoms with Gasteiger partial charge < -0.3 is 9.88 Å². The molecular weight excluding hydrogens is 176 g/mol. The quantitative estimate of drug-likeness (QED) is 0.794. The van der Waals surface area contributed by atoms with Gasteiger partial charge in [0.15, 0.2) is 0 Å². The predicted molar refractivity (Wildman–Crippen MR) is 58.6 cm³/mol. The van der Waals surface area contributed by atoms with E-state index >= 15 is 0 Å². The van der Waals surface area contributed by atoms with Crippen LogP contribution >= 0.6 is 0 Å². The molecule has 14 heavy (non-hydrogen) atoms. The van der Waals surface area contributed by atoms with Crippen molar-refractivity contribution in [3.05, 3.63) is 34.2 Å². The van der Waals surface area contributed by atoms with Crippen LogP contribution in [0, 0.1) is 0 Å². The number of hydrogen-bond acceptors (Lipinski definition) is 2. The van der Waals surface area contributed by atoms with Crippen molar-refractivity contribution in [2.24, 2.45) is 0 Å². The summed E-state index contributed by atoms with van der Waals surface area (Å²) >= 11 is 0. The smallest absolute Gasteiger partial charge is 0.255 e. The lowest BCUT2D eigenvalue weighted by atomic mass is 10.1. The van der Waals surface area contributed by atoms with Gasteiger partial charge in [-0.05, 0) is 33.9 Å². The van der Waals surface area contributed by atoms with Gasteiger partial charge in [0, 0.05) is 23.8 Å². The van der Waals surface area contributed by atoms with Gasteiger partial charge >= 0.3 is 0 Å². The Hall–Kier alpha value is -1.09. The fourth-order valence-electron chi connectivity index (χ4n) is 1.42. The molecule has 1 N–H and O–H groups in total. The highest BCUT2D eigenvalue weighted by Crippen LogP contribution is 2.07. The van der Waals surface area contributed by atoms with Gasteiger partial charge in [0.05, 0.1) is 0 Å². The van der Waals surface area contributed by atoms with E-state index in [1.54, 1.807) is 4.57 Å². The highest BCUT2D eigenvalue weighted by Gasteiger charge is 2.10. The van der Waals surface area contributed by atoms with E-state index in [9.17, 15) is 4.79 Å². The van der Waals surface area contributed by atoms with E-state index in [1.807, 2.05) is 46.1 Å². The highest BCUT2D eigenvalue weighted by molar-refractivity contribution is 5.14. The van der Waals surface area contributed by atoms with Gasteiger partial charge in [0.1, 0.15) is 0 Å². The van der Waals surface area contributed by atoms with Crippen LogP contribution < -0.4 is 10.9 Å². The van der Waals surface area contributed by atoms with Crippen LogP contribution in [0.2, 0.25) is 0 Å². The molecule has 1 atom stereocenters. The van der Waals surface area contributed by atoms with E-state index in [0.717, 1.165) is 5.56 Å². The molecule has 0 aliphatic heterocycles. The van der Waals surface area contributed by atoms with Gasteiger partial charge in [0.25, 0.3) is 5.56 Å². The van der Waals surface area contributed by atoms with Crippen molar-refractivity contribution in [1.82, 2.24) is 9.88 Å². The molecule has 0 aliphatic carbocycles. The molecule has 1 aromatic rings. The standard InChI is InChI=1S/C11H18N2O/c1-8(2)13-7-5-6-10(11(13)14)9(3)12-4/h5-9,12H,1-4H3. The lowest BCUT2D eigenvalue weighted by Gasteiger charge is -2.14. The molecule has 1 aromatic heterocycles. The van der Waals surface area contributed by atoms with Crippen LogP contribution in [-0.2, 0) is 0 Å². The van der Waals surface area contributed by atoms with E-state index in [2.05, 4.69) is 5.32 Å². The maximum atomic E-state index is 11.9. The Kier molecular flexibility index (Phi) is 3.47. The van der Waals surface area contributed by atoms with E-state index in [-0.39, 0.29) is 17.6 Å². The van der Waals surface area contributed by atoms with Crippen molar-refractivity contribution >= 4 is 0 Å². The number of hydrogen-bond donors (Lipinski definition) is 1. The predicted octanol–water partition coefficient (Wildman–Crippen LogP) is 1.71. The number of nitrogens with zero attached hydrogens (tertiary/aromatic N) is 1. The molecule has 0 bridgehead atoms. The van der Waals surface area contributed by atoms with Gasteiger partial charge in [-0.15, -0.1) is 0 Å². The molecule has 1 rings (SSSR count). The average Bonchev–Trinajstić information content (AvgIpc) is 2.16. The van der Waals surface area contributed by atoms with Gasteiger partial charge in [0.2, 0.25) is 0 Å². The Bertz CT molecular complexity index is 355. The second kappa shape index (κ2) is 4.42. The van der Waals surface area contributed by atoms with E-state index < -0.39 is 0 Å². The van der Waals surface area contributed by atoms with Crippen molar-refractivity contribution in [3.8, 4) is 0 Å². The molecule has 0 fully saturated rings. The summed E-state index contributed by atoms with van der Waals surface area (Å²) in [6.07, 6.45) is 1.83. The Balaban J connectivity index is 3.21. The maximum Gasteiger partial charge on any atom is 0.255 e. The van der Waals surface area contributed by atoms with Crippen molar-refractivity contribution in [2.45, 2.75) is 32.9 Å². The van der Waals surface area contributed by atoms with Gasteiger partial charge in [-0.3, -0.25) is 4.79 Å². The molecule has 0 radical (unpaired) electrons. The normalized spacial score (nSPS) is 13.2. The second-order valence-electron chi connectivity index (χ2n) is 3.78. The largest absolute Gasteiger partial charge is 0.313 e. The summed E-state index contributed by atoms with van der Waals surface area (Å²) in [5, 5.41) is 3.07. The molecule has 3 heteroatoms. The number of rotatable bonds is 3. The lowest BCUT2D eigenvalue weighted by molar-refractivity contribution is 0.556.